The Balaban J connectivity index is 2.91. The molecule has 0 aromatic heterocycles. The molecular formula is C12H13F2N. The molecule has 0 saturated carbocycles. The molecule has 0 saturated heterocycles. The van der Waals surface area contributed by atoms with Crippen molar-refractivity contribution in [1.82, 2.24) is 5.32 Å². The summed E-state index contributed by atoms with van der Waals surface area (Å²) in [5, 5.41) is 2.96. The summed E-state index contributed by atoms with van der Waals surface area (Å²) < 4.78 is 26.2. The molecule has 0 amide bonds. The fourth-order valence-corrected chi connectivity index (χ4v) is 1.28. The zero-order valence-corrected chi connectivity index (χ0v) is 8.56. The average Bonchev–Trinajstić information content (AvgIpc) is 2.24. The van der Waals surface area contributed by atoms with Crippen LogP contribution in [0.15, 0.2) is 18.2 Å². The number of terminal acetylenes is 1. The number of benzene rings is 1. The minimum atomic E-state index is -0.569. The molecule has 1 N–H and O–H groups in total. The Labute approximate surface area is 88.5 Å². The largest absolute Gasteiger partial charge is 0.300 e. The van der Waals surface area contributed by atoms with Crippen LogP contribution in [-0.4, -0.2) is 6.54 Å². The molecule has 0 fully saturated rings. The van der Waals surface area contributed by atoms with Crippen LogP contribution < -0.4 is 5.32 Å². The fraction of sp³-hybridized carbons (Fsp3) is 0.333. The lowest BCUT2D eigenvalue weighted by Gasteiger charge is -2.13. The van der Waals surface area contributed by atoms with Crippen LogP contribution in [0, 0.1) is 24.0 Å². The molecule has 1 atom stereocenters. The lowest BCUT2D eigenvalue weighted by atomic mass is 10.1. The summed E-state index contributed by atoms with van der Waals surface area (Å²) in [4.78, 5) is 0. The average molecular weight is 209 g/mol. The van der Waals surface area contributed by atoms with Crippen LogP contribution >= 0.6 is 0 Å². The zero-order chi connectivity index (χ0) is 11.3. The van der Waals surface area contributed by atoms with Crippen molar-refractivity contribution in [2.45, 2.75) is 19.4 Å². The van der Waals surface area contributed by atoms with Gasteiger partial charge in [0.2, 0.25) is 0 Å². The van der Waals surface area contributed by atoms with E-state index in [0.717, 1.165) is 24.6 Å². The Bertz CT molecular complexity index is 368. The third-order valence-electron chi connectivity index (χ3n) is 2.03. The molecule has 1 nitrogen and oxygen atoms in total. The summed E-state index contributed by atoms with van der Waals surface area (Å²) in [7, 11) is 0. The maximum atomic E-state index is 13.3. The van der Waals surface area contributed by atoms with E-state index in [-0.39, 0.29) is 5.56 Å². The van der Waals surface area contributed by atoms with Gasteiger partial charge in [-0.05, 0) is 31.2 Å². The number of halogens is 2. The third kappa shape index (κ3) is 3.03. The molecule has 1 unspecified atom stereocenters. The van der Waals surface area contributed by atoms with Gasteiger partial charge in [0.15, 0.2) is 0 Å². The molecule has 0 aliphatic carbocycles. The van der Waals surface area contributed by atoms with Crippen LogP contribution in [-0.2, 0) is 0 Å². The molecular weight excluding hydrogens is 196 g/mol. The first-order chi connectivity index (χ1) is 7.19. The third-order valence-corrected chi connectivity index (χ3v) is 2.03. The molecule has 1 rings (SSSR count). The van der Waals surface area contributed by atoms with Gasteiger partial charge in [-0.3, -0.25) is 5.32 Å². The Morgan fingerprint density at radius 2 is 2.20 bits per heavy atom. The van der Waals surface area contributed by atoms with Gasteiger partial charge in [0.25, 0.3) is 0 Å². The van der Waals surface area contributed by atoms with Crippen molar-refractivity contribution < 1.29 is 8.78 Å². The van der Waals surface area contributed by atoms with Gasteiger partial charge in [0.05, 0.1) is 6.04 Å². The number of hydrogen-bond acceptors (Lipinski definition) is 1. The van der Waals surface area contributed by atoms with E-state index in [1.54, 1.807) is 0 Å². The summed E-state index contributed by atoms with van der Waals surface area (Å²) in [5.41, 5.74) is 0.186. The Hall–Kier alpha value is -1.40. The van der Waals surface area contributed by atoms with Crippen LogP contribution in [0.1, 0.15) is 24.9 Å². The van der Waals surface area contributed by atoms with Gasteiger partial charge in [0, 0.05) is 5.56 Å². The van der Waals surface area contributed by atoms with E-state index in [1.165, 1.54) is 0 Å². The first-order valence-corrected chi connectivity index (χ1v) is 4.83. The SMILES string of the molecule is C#CC(NCCC)c1cc(F)ccc1F. The number of hydrogen-bond donors (Lipinski definition) is 1. The van der Waals surface area contributed by atoms with Crippen LogP contribution in [0.4, 0.5) is 8.78 Å². The highest BCUT2D eigenvalue weighted by molar-refractivity contribution is 5.27. The molecule has 80 valence electrons. The smallest absolute Gasteiger partial charge is 0.129 e. The summed E-state index contributed by atoms with van der Waals surface area (Å²) >= 11 is 0. The standard InChI is InChI=1S/C12H13F2N/c1-3-7-15-12(4-2)10-8-9(13)5-6-11(10)14/h2,5-6,8,12,15H,3,7H2,1H3. The predicted molar refractivity (Wildman–Crippen MR) is 56.2 cm³/mol. The second kappa shape index (κ2) is 5.47. The molecule has 3 heteroatoms. The molecule has 0 spiro atoms. The van der Waals surface area contributed by atoms with Gasteiger partial charge in [-0.1, -0.05) is 12.8 Å². The van der Waals surface area contributed by atoms with E-state index in [1.807, 2.05) is 6.92 Å². The lowest BCUT2D eigenvalue weighted by Crippen LogP contribution is -2.21. The highest BCUT2D eigenvalue weighted by atomic mass is 19.1. The van der Waals surface area contributed by atoms with Crippen molar-refractivity contribution in [3.05, 3.63) is 35.4 Å². The summed E-state index contributed by atoms with van der Waals surface area (Å²) in [6, 6.07) is 2.72. The van der Waals surface area contributed by atoms with Gasteiger partial charge in [0.1, 0.15) is 11.6 Å². The van der Waals surface area contributed by atoms with E-state index in [9.17, 15) is 8.78 Å². The lowest BCUT2D eigenvalue weighted by molar-refractivity contribution is 0.549. The van der Waals surface area contributed by atoms with Gasteiger partial charge < -0.3 is 0 Å². The zero-order valence-electron chi connectivity index (χ0n) is 8.56. The molecule has 0 aliphatic heterocycles. The molecule has 1 aromatic rings. The second-order valence-electron chi connectivity index (χ2n) is 3.22. The van der Waals surface area contributed by atoms with Crippen molar-refractivity contribution >= 4 is 0 Å². The summed E-state index contributed by atoms with van der Waals surface area (Å²) in [5.74, 6) is 1.44. The van der Waals surface area contributed by atoms with Crippen molar-refractivity contribution in [3.63, 3.8) is 0 Å². The molecule has 0 heterocycles. The highest BCUT2D eigenvalue weighted by Crippen LogP contribution is 2.17. The van der Waals surface area contributed by atoms with E-state index in [4.69, 9.17) is 6.42 Å². The van der Waals surface area contributed by atoms with Crippen LogP contribution in [0.25, 0.3) is 0 Å². The van der Waals surface area contributed by atoms with Crippen LogP contribution in [0.5, 0.6) is 0 Å². The van der Waals surface area contributed by atoms with Crippen LogP contribution in [0.3, 0.4) is 0 Å². The van der Waals surface area contributed by atoms with E-state index in [0.29, 0.717) is 6.54 Å². The van der Waals surface area contributed by atoms with Crippen LogP contribution in [0.2, 0.25) is 0 Å². The van der Waals surface area contributed by atoms with Crippen molar-refractivity contribution in [2.75, 3.05) is 6.54 Å². The Kier molecular flexibility index (Phi) is 4.26. The number of rotatable bonds is 4. The first kappa shape index (κ1) is 11.7. The van der Waals surface area contributed by atoms with Crippen molar-refractivity contribution in [2.24, 2.45) is 0 Å². The van der Waals surface area contributed by atoms with Gasteiger partial charge in [-0.2, -0.15) is 0 Å². The molecule has 0 radical (unpaired) electrons. The topological polar surface area (TPSA) is 12.0 Å². The second-order valence-corrected chi connectivity index (χ2v) is 3.22. The minimum Gasteiger partial charge on any atom is -0.300 e. The molecule has 15 heavy (non-hydrogen) atoms. The van der Waals surface area contributed by atoms with Gasteiger partial charge >= 0.3 is 0 Å². The number of nitrogens with one attached hydrogen (secondary N) is 1. The van der Waals surface area contributed by atoms with E-state index in [2.05, 4.69) is 11.2 Å². The molecule has 1 aromatic carbocycles. The summed E-state index contributed by atoms with van der Waals surface area (Å²) in [6.07, 6.45) is 6.15. The van der Waals surface area contributed by atoms with Gasteiger partial charge in [-0.15, -0.1) is 6.42 Å². The summed E-state index contributed by atoms with van der Waals surface area (Å²) in [6.45, 7) is 2.65. The Morgan fingerprint density at radius 1 is 1.47 bits per heavy atom. The fourth-order valence-electron chi connectivity index (χ4n) is 1.28. The van der Waals surface area contributed by atoms with Crippen molar-refractivity contribution in [3.8, 4) is 12.3 Å². The maximum absolute atomic E-state index is 13.3. The predicted octanol–water partition coefficient (Wildman–Crippen LogP) is 2.64. The molecule has 0 bridgehead atoms. The maximum Gasteiger partial charge on any atom is 0.129 e. The normalized spacial score (nSPS) is 12.1. The molecule has 0 aliphatic rings. The Morgan fingerprint density at radius 3 is 2.80 bits per heavy atom. The minimum absolute atomic E-state index is 0.186. The van der Waals surface area contributed by atoms with E-state index < -0.39 is 17.7 Å². The van der Waals surface area contributed by atoms with Gasteiger partial charge in [-0.25, -0.2) is 8.78 Å². The first-order valence-electron chi connectivity index (χ1n) is 4.83. The quantitative estimate of drug-likeness (QED) is 0.752. The monoisotopic (exact) mass is 209 g/mol. The van der Waals surface area contributed by atoms with E-state index >= 15 is 0 Å². The highest BCUT2D eigenvalue weighted by Gasteiger charge is 2.12. The van der Waals surface area contributed by atoms with Crippen molar-refractivity contribution in [1.29, 1.82) is 0 Å².